The zero-order valence-corrected chi connectivity index (χ0v) is 10.4. The maximum absolute atomic E-state index is 12.1. The second-order valence-corrected chi connectivity index (χ2v) is 4.69. The summed E-state index contributed by atoms with van der Waals surface area (Å²) in [5.74, 6) is 1.03. The first-order valence-electron chi connectivity index (χ1n) is 6.50. The zero-order valence-electron chi connectivity index (χ0n) is 10.4. The van der Waals surface area contributed by atoms with Gasteiger partial charge in [-0.2, -0.15) is 0 Å². The van der Waals surface area contributed by atoms with E-state index in [2.05, 4.69) is 0 Å². The van der Waals surface area contributed by atoms with Gasteiger partial charge in [0.15, 0.2) is 5.78 Å². The first-order valence-corrected chi connectivity index (χ1v) is 6.50. The number of hydrogen-bond donors (Lipinski definition) is 0. The Hall–Kier alpha value is -1.15. The van der Waals surface area contributed by atoms with Crippen LogP contribution in [0.5, 0.6) is 0 Å². The third-order valence-electron chi connectivity index (χ3n) is 3.22. The van der Waals surface area contributed by atoms with E-state index in [0.717, 1.165) is 17.9 Å². The van der Waals surface area contributed by atoms with Crippen LogP contribution in [-0.4, -0.2) is 12.4 Å². The fraction of sp³-hybridized carbons (Fsp3) is 0.533. The molecule has 0 aromatic heterocycles. The average molecular weight is 232 g/mol. The van der Waals surface area contributed by atoms with Gasteiger partial charge in [-0.1, -0.05) is 43.2 Å². The van der Waals surface area contributed by atoms with Crippen LogP contribution in [0, 0.1) is 5.92 Å². The van der Waals surface area contributed by atoms with E-state index in [1.807, 2.05) is 37.3 Å². The summed E-state index contributed by atoms with van der Waals surface area (Å²) in [6.07, 6.45) is 3.94. The van der Waals surface area contributed by atoms with Crippen molar-refractivity contribution in [1.29, 1.82) is 0 Å². The van der Waals surface area contributed by atoms with Crippen LogP contribution in [0.2, 0.25) is 0 Å². The fourth-order valence-electron chi connectivity index (χ4n) is 2.05. The normalized spacial score (nSPS) is 16.8. The molecule has 0 aliphatic heterocycles. The molecule has 92 valence electrons. The van der Waals surface area contributed by atoms with Crippen molar-refractivity contribution in [3.05, 3.63) is 35.9 Å². The van der Waals surface area contributed by atoms with Gasteiger partial charge in [-0.25, -0.2) is 0 Å². The van der Waals surface area contributed by atoms with E-state index in [1.165, 1.54) is 12.8 Å². The molecule has 2 nitrogen and oxygen atoms in total. The monoisotopic (exact) mass is 232 g/mol. The van der Waals surface area contributed by atoms with Crippen LogP contribution in [0.4, 0.5) is 0 Å². The van der Waals surface area contributed by atoms with E-state index < -0.39 is 0 Å². The van der Waals surface area contributed by atoms with Crippen LogP contribution in [0.3, 0.4) is 0 Å². The van der Waals surface area contributed by atoms with Crippen molar-refractivity contribution in [3.8, 4) is 0 Å². The summed E-state index contributed by atoms with van der Waals surface area (Å²) in [5, 5.41) is 0. The van der Waals surface area contributed by atoms with Gasteiger partial charge in [0, 0.05) is 13.0 Å². The molecule has 1 fully saturated rings. The molecule has 0 spiro atoms. The number of benzene rings is 1. The van der Waals surface area contributed by atoms with Crippen molar-refractivity contribution in [2.75, 3.05) is 6.61 Å². The third kappa shape index (κ3) is 3.67. The lowest BCUT2D eigenvalue weighted by molar-refractivity contribution is -0.130. The summed E-state index contributed by atoms with van der Waals surface area (Å²) in [6.45, 7) is 2.51. The van der Waals surface area contributed by atoms with E-state index >= 15 is 0 Å². The maximum Gasteiger partial charge on any atom is 0.166 e. The molecule has 17 heavy (non-hydrogen) atoms. The molecule has 0 saturated heterocycles. The number of ether oxygens (including phenoxy) is 1. The third-order valence-corrected chi connectivity index (χ3v) is 3.22. The van der Waals surface area contributed by atoms with Crippen molar-refractivity contribution in [3.63, 3.8) is 0 Å². The number of Topliss-reactive ketones (excluding diaryl/α,β-unsaturated/α-hetero) is 1. The smallest absolute Gasteiger partial charge is 0.166 e. The van der Waals surface area contributed by atoms with Crippen LogP contribution >= 0.6 is 0 Å². The number of rotatable bonds is 7. The molecule has 1 aliphatic rings. The lowest BCUT2D eigenvalue weighted by Crippen LogP contribution is -2.16. The molecule has 0 amide bonds. The predicted octanol–water partition coefficient (Wildman–Crippen LogP) is 3.52. The van der Waals surface area contributed by atoms with Crippen LogP contribution in [0.1, 0.15) is 44.3 Å². The minimum atomic E-state index is -0.361. The first kappa shape index (κ1) is 12.3. The second kappa shape index (κ2) is 5.97. The van der Waals surface area contributed by atoms with E-state index in [9.17, 15) is 4.79 Å². The highest BCUT2D eigenvalue weighted by molar-refractivity contribution is 5.84. The Morgan fingerprint density at radius 3 is 2.65 bits per heavy atom. The molecular weight excluding hydrogens is 212 g/mol. The van der Waals surface area contributed by atoms with Crippen molar-refractivity contribution in [2.24, 2.45) is 5.92 Å². The van der Waals surface area contributed by atoms with Gasteiger partial charge in [0.1, 0.15) is 6.10 Å². The standard InChI is InChI=1S/C15H20O2/c1-2-17-15(13-6-4-3-5-7-13)14(16)11-10-12-8-9-12/h3-7,12,15H,2,8-11H2,1H3. The van der Waals surface area contributed by atoms with Crippen LogP contribution in [0.15, 0.2) is 30.3 Å². The van der Waals surface area contributed by atoms with Crippen molar-refractivity contribution in [1.82, 2.24) is 0 Å². The minimum Gasteiger partial charge on any atom is -0.366 e. The van der Waals surface area contributed by atoms with Gasteiger partial charge in [-0.3, -0.25) is 4.79 Å². The van der Waals surface area contributed by atoms with Gasteiger partial charge < -0.3 is 4.74 Å². The predicted molar refractivity (Wildman–Crippen MR) is 67.8 cm³/mol. The largest absolute Gasteiger partial charge is 0.366 e. The molecule has 2 heteroatoms. The summed E-state index contributed by atoms with van der Waals surface area (Å²) in [6, 6.07) is 9.80. The van der Waals surface area contributed by atoms with Crippen molar-refractivity contribution in [2.45, 2.75) is 38.7 Å². The van der Waals surface area contributed by atoms with Gasteiger partial charge in [0.25, 0.3) is 0 Å². The van der Waals surface area contributed by atoms with E-state index in [-0.39, 0.29) is 11.9 Å². The molecule has 1 unspecified atom stereocenters. The first-order chi connectivity index (χ1) is 8.31. The Labute approximate surface area is 103 Å². The molecule has 1 aromatic rings. The topological polar surface area (TPSA) is 26.3 Å². The molecule has 1 saturated carbocycles. The molecule has 0 N–H and O–H groups in total. The van der Waals surface area contributed by atoms with Crippen LogP contribution < -0.4 is 0 Å². The molecule has 0 heterocycles. The van der Waals surface area contributed by atoms with E-state index in [4.69, 9.17) is 4.74 Å². The highest BCUT2D eigenvalue weighted by Crippen LogP contribution is 2.34. The fourth-order valence-corrected chi connectivity index (χ4v) is 2.05. The highest BCUT2D eigenvalue weighted by Gasteiger charge is 2.25. The Morgan fingerprint density at radius 2 is 2.06 bits per heavy atom. The van der Waals surface area contributed by atoms with Gasteiger partial charge in [0.05, 0.1) is 0 Å². The van der Waals surface area contributed by atoms with Crippen molar-refractivity contribution < 1.29 is 9.53 Å². The Morgan fingerprint density at radius 1 is 1.35 bits per heavy atom. The number of hydrogen-bond acceptors (Lipinski definition) is 2. The number of carbonyl (C=O) groups is 1. The Bertz CT molecular complexity index is 354. The molecule has 1 aliphatic carbocycles. The molecule has 2 rings (SSSR count). The minimum absolute atomic E-state index is 0.227. The number of carbonyl (C=O) groups excluding carboxylic acids is 1. The van der Waals surface area contributed by atoms with Crippen molar-refractivity contribution >= 4 is 5.78 Å². The SMILES string of the molecule is CCOC(C(=O)CCC1CC1)c1ccccc1. The molecule has 1 aromatic carbocycles. The summed E-state index contributed by atoms with van der Waals surface area (Å²) in [7, 11) is 0. The van der Waals surface area contributed by atoms with Gasteiger partial charge in [-0.15, -0.1) is 0 Å². The maximum atomic E-state index is 12.1. The zero-order chi connectivity index (χ0) is 12.1. The van der Waals surface area contributed by atoms with Gasteiger partial charge in [0.2, 0.25) is 0 Å². The quantitative estimate of drug-likeness (QED) is 0.719. The number of ketones is 1. The average Bonchev–Trinajstić information content (AvgIpc) is 3.18. The molecule has 1 atom stereocenters. The van der Waals surface area contributed by atoms with Gasteiger partial charge in [-0.05, 0) is 24.8 Å². The molecular formula is C15H20O2. The molecule has 0 radical (unpaired) electrons. The Balaban J connectivity index is 1.97. The molecule has 0 bridgehead atoms. The second-order valence-electron chi connectivity index (χ2n) is 4.69. The van der Waals surface area contributed by atoms with E-state index in [1.54, 1.807) is 0 Å². The summed E-state index contributed by atoms with van der Waals surface area (Å²) >= 11 is 0. The van der Waals surface area contributed by atoms with Crippen LogP contribution in [-0.2, 0) is 9.53 Å². The highest BCUT2D eigenvalue weighted by atomic mass is 16.5. The summed E-state index contributed by atoms with van der Waals surface area (Å²) < 4.78 is 5.59. The lowest BCUT2D eigenvalue weighted by atomic mass is 10.0. The van der Waals surface area contributed by atoms with Crippen LogP contribution in [0.25, 0.3) is 0 Å². The van der Waals surface area contributed by atoms with E-state index in [0.29, 0.717) is 13.0 Å². The van der Waals surface area contributed by atoms with Gasteiger partial charge >= 0.3 is 0 Å². The lowest BCUT2D eigenvalue weighted by Gasteiger charge is -2.16. The Kier molecular flexibility index (Phi) is 4.32. The summed E-state index contributed by atoms with van der Waals surface area (Å²) in [4.78, 5) is 12.1. The summed E-state index contributed by atoms with van der Waals surface area (Å²) in [5.41, 5.74) is 0.982.